The quantitative estimate of drug-likeness (QED) is 0.349. The number of ketones is 1. The van der Waals surface area contributed by atoms with Gasteiger partial charge in [-0.15, -0.1) is 13.2 Å². The van der Waals surface area contributed by atoms with Crippen LogP contribution in [0.15, 0.2) is 0 Å². The summed E-state index contributed by atoms with van der Waals surface area (Å²) in [4.78, 5) is 66.1. The number of amides is 4. The first kappa shape index (κ1) is 30.1. The zero-order chi connectivity index (χ0) is 29.7. The molecule has 224 valence electrons. The second kappa shape index (κ2) is 10.5. The molecule has 4 amide bonds. The van der Waals surface area contributed by atoms with Crippen molar-refractivity contribution in [1.82, 2.24) is 15.5 Å². The number of ether oxygens (including phenoxy) is 1. The Morgan fingerprint density at radius 3 is 2.25 bits per heavy atom. The fourth-order valence-corrected chi connectivity index (χ4v) is 7.04. The van der Waals surface area contributed by atoms with Gasteiger partial charge in [0.15, 0.2) is 5.78 Å². The highest BCUT2D eigenvalue weighted by Crippen LogP contribution is 2.55. The third-order valence-electron chi connectivity index (χ3n) is 8.94. The van der Waals surface area contributed by atoms with Gasteiger partial charge in [-0.05, 0) is 56.8 Å². The zero-order valence-electron chi connectivity index (χ0n) is 21.3. The lowest BCUT2D eigenvalue weighted by Gasteiger charge is -2.50. The molecule has 0 aromatic heterocycles. The number of halogens is 6. The van der Waals surface area contributed by atoms with Crippen LogP contribution in [0.1, 0.15) is 51.4 Å². The van der Waals surface area contributed by atoms with Gasteiger partial charge in [-0.25, -0.2) is 0 Å². The Morgan fingerprint density at radius 1 is 1.07 bits per heavy atom. The lowest BCUT2D eigenvalue weighted by Crippen LogP contribution is -2.72. The second-order valence-corrected chi connectivity index (χ2v) is 11.1. The minimum Gasteiger partial charge on any atom is -0.368 e. The first-order valence-corrected chi connectivity index (χ1v) is 13.1. The van der Waals surface area contributed by atoms with E-state index >= 15 is 0 Å². The summed E-state index contributed by atoms with van der Waals surface area (Å²) >= 11 is 0. The number of hydrogen-bond acceptors (Lipinski definition) is 6. The van der Waals surface area contributed by atoms with Crippen LogP contribution in [-0.4, -0.2) is 77.6 Å². The molecule has 2 saturated heterocycles. The van der Waals surface area contributed by atoms with E-state index in [-0.39, 0.29) is 45.2 Å². The van der Waals surface area contributed by atoms with Gasteiger partial charge in [-0.2, -0.15) is 13.2 Å². The van der Waals surface area contributed by atoms with Gasteiger partial charge in [0.25, 0.3) is 0 Å². The van der Waals surface area contributed by atoms with Crippen LogP contribution < -0.4 is 16.4 Å². The van der Waals surface area contributed by atoms with E-state index in [1.165, 1.54) is 0 Å². The molecule has 2 saturated carbocycles. The highest BCUT2D eigenvalue weighted by molar-refractivity contribution is 6.02. The van der Waals surface area contributed by atoms with Gasteiger partial charge in [0.05, 0.1) is 5.92 Å². The van der Waals surface area contributed by atoms with Crippen molar-refractivity contribution in [1.29, 1.82) is 0 Å². The summed E-state index contributed by atoms with van der Waals surface area (Å²) in [6.45, 7) is -1.50. The van der Waals surface area contributed by atoms with Gasteiger partial charge in [0.1, 0.15) is 17.7 Å². The highest BCUT2D eigenvalue weighted by atomic mass is 19.4. The van der Waals surface area contributed by atoms with Crippen molar-refractivity contribution in [2.75, 3.05) is 19.7 Å². The van der Waals surface area contributed by atoms with E-state index in [1.54, 1.807) is 5.32 Å². The van der Waals surface area contributed by atoms with E-state index in [1.807, 2.05) is 0 Å². The minimum absolute atomic E-state index is 0.185. The van der Waals surface area contributed by atoms with Crippen molar-refractivity contribution in [3.63, 3.8) is 0 Å². The van der Waals surface area contributed by atoms with Crippen molar-refractivity contribution < 1.29 is 55.1 Å². The molecule has 16 heteroatoms. The summed E-state index contributed by atoms with van der Waals surface area (Å²) in [5.41, 5.74) is 1.63. The molecule has 4 aliphatic rings. The lowest BCUT2D eigenvalue weighted by molar-refractivity contribution is -0.321. The number of nitrogens with one attached hydrogen (secondary N) is 2. The third kappa shape index (κ3) is 5.26. The summed E-state index contributed by atoms with van der Waals surface area (Å²) in [5, 5.41) is 4.30. The van der Waals surface area contributed by atoms with Crippen molar-refractivity contribution in [3.8, 4) is 0 Å². The largest absolute Gasteiger partial charge is 0.522 e. The number of likely N-dealkylation sites (tertiary alicyclic amines) is 1. The number of carbonyl (C=O) groups excluding carboxylic acids is 5. The summed E-state index contributed by atoms with van der Waals surface area (Å²) in [7, 11) is 0. The van der Waals surface area contributed by atoms with Gasteiger partial charge in [-0.3, -0.25) is 28.7 Å². The molecule has 0 radical (unpaired) electrons. The van der Waals surface area contributed by atoms with Crippen molar-refractivity contribution in [3.05, 3.63) is 0 Å². The number of primary amides is 1. The Morgan fingerprint density at radius 2 is 1.75 bits per heavy atom. The number of nitrogens with zero attached hydrogens (tertiary/aromatic N) is 1. The molecular weight excluding hydrogens is 554 g/mol. The fraction of sp³-hybridized carbons (Fsp3) is 0.792. The maximum atomic E-state index is 14.0. The molecule has 2 heterocycles. The van der Waals surface area contributed by atoms with E-state index in [2.05, 4.69) is 10.1 Å². The lowest BCUT2D eigenvalue weighted by atomic mass is 9.66. The molecule has 2 aliphatic heterocycles. The topological polar surface area (TPSA) is 148 Å². The molecule has 40 heavy (non-hydrogen) atoms. The van der Waals surface area contributed by atoms with Crippen molar-refractivity contribution in [2.24, 2.45) is 29.4 Å². The predicted molar refractivity (Wildman–Crippen MR) is 121 cm³/mol. The molecule has 10 nitrogen and oxygen atoms in total. The average Bonchev–Trinajstić information content (AvgIpc) is 3.52. The summed E-state index contributed by atoms with van der Waals surface area (Å²) in [6.07, 6.45) is -9.56. The normalized spacial score (nSPS) is 30.3. The van der Waals surface area contributed by atoms with Gasteiger partial charge in [-0.1, -0.05) is 6.42 Å². The second-order valence-electron chi connectivity index (χ2n) is 11.1. The van der Waals surface area contributed by atoms with E-state index in [0.717, 1.165) is 4.90 Å². The van der Waals surface area contributed by atoms with Crippen LogP contribution in [0.5, 0.6) is 0 Å². The molecule has 5 atom stereocenters. The summed E-state index contributed by atoms with van der Waals surface area (Å²) in [5.74, 6) is -10.2. The number of alkyl halides is 6. The van der Waals surface area contributed by atoms with Crippen LogP contribution in [0.4, 0.5) is 26.3 Å². The Balaban J connectivity index is 1.79. The molecule has 4 fully saturated rings. The predicted octanol–water partition coefficient (Wildman–Crippen LogP) is 1.32. The number of nitrogens with two attached hydrogens (primary N) is 1. The number of hydrogen-bond donors (Lipinski definition) is 3. The van der Waals surface area contributed by atoms with Crippen LogP contribution >= 0.6 is 0 Å². The van der Waals surface area contributed by atoms with E-state index in [4.69, 9.17) is 5.73 Å². The molecule has 0 spiro atoms. The van der Waals surface area contributed by atoms with Crippen molar-refractivity contribution in [2.45, 2.75) is 75.0 Å². The molecule has 0 bridgehead atoms. The standard InChI is InChI=1S/C24H30F6N4O6/c25-23(26,27)19(38)33-21(6-2-7-21)20(39)34-10-13-3-1-4-14(13)22(34,18(31)37)15(9-12-5-8-32-17(12)36)16(35)11-40-24(28,29)30/h12-15H,1-11H2,(H2,31,37)(H,32,36)(H,33,38)/t12-,13?,14?,15-,22?/m1/s1. The molecule has 0 aromatic carbocycles. The first-order valence-electron chi connectivity index (χ1n) is 13.1. The average molecular weight is 585 g/mol. The summed E-state index contributed by atoms with van der Waals surface area (Å²) in [6, 6.07) is 0. The zero-order valence-corrected chi connectivity index (χ0v) is 21.3. The van der Waals surface area contributed by atoms with Gasteiger partial charge in [0, 0.05) is 19.0 Å². The molecule has 4 N–H and O–H groups in total. The van der Waals surface area contributed by atoms with E-state index < -0.39 is 89.7 Å². The third-order valence-corrected chi connectivity index (χ3v) is 8.94. The SMILES string of the molecule is NC(=O)C1([C@H](C[C@H]2CCNC2=O)C(=O)COC(F)(F)F)C2CCCC2CN1C(=O)C1(NC(=O)C(F)(F)F)CCC1. The van der Waals surface area contributed by atoms with Crippen molar-refractivity contribution >= 4 is 29.4 Å². The van der Waals surface area contributed by atoms with Gasteiger partial charge < -0.3 is 21.3 Å². The molecule has 4 rings (SSSR count). The Bertz CT molecular complexity index is 1080. The number of carbonyl (C=O) groups is 5. The van der Waals surface area contributed by atoms with Crippen LogP contribution in [-0.2, 0) is 28.7 Å². The van der Waals surface area contributed by atoms with Crippen LogP contribution in [0, 0.1) is 23.7 Å². The Labute approximate surface area is 224 Å². The molecule has 2 aliphatic carbocycles. The van der Waals surface area contributed by atoms with E-state index in [9.17, 15) is 50.3 Å². The van der Waals surface area contributed by atoms with Crippen LogP contribution in [0.3, 0.4) is 0 Å². The highest BCUT2D eigenvalue weighted by Gasteiger charge is 2.68. The monoisotopic (exact) mass is 584 g/mol. The molecule has 0 aromatic rings. The van der Waals surface area contributed by atoms with E-state index in [0.29, 0.717) is 12.8 Å². The number of fused-ring (bicyclic) bond motifs is 1. The van der Waals surface area contributed by atoms with Crippen LogP contribution in [0.25, 0.3) is 0 Å². The summed E-state index contributed by atoms with van der Waals surface area (Å²) < 4.78 is 81.8. The number of Topliss-reactive ketones (excluding diaryl/α,β-unsaturated/α-hetero) is 1. The number of rotatable bonds is 9. The van der Waals surface area contributed by atoms with Gasteiger partial charge >= 0.3 is 18.4 Å². The maximum absolute atomic E-state index is 14.0. The Kier molecular flexibility index (Phi) is 7.88. The Hall–Kier alpha value is -2.91. The fourth-order valence-electron chi connectivity index (χ4n) is 7.04. The first-order chi connectivity index (χ1) is 18.5. The smallest absolute Gasteiger partial charge is 0.368 e. The maximum Gasteiger partial charge on any atom is 0.522 e. The minimum atomic E-state index is -5.31. The molecular formula is C24H30F6N4O6. The van der Waals surface area contributed by atoms with Crippen LogP contribution in [0.2, 0.25) is 0 Å². The molecule has 3 unspecified atom stereocenters. The van der Waals surface area contributed by atoms with Gasteiger partial charge in [0.2, 0.25) is 17.7 Å².